The van der Waals surface area contributed by atoms with Crippen LogP contribution in [-0.2, 0) is 16.0 Å². The maximum atomic E-state index is 12.2. The maximum absolute atomic E-state index is 12.2. The van der Waals surface area contributed by atoms with Crippen molar-refractivity contribution < 1.29 is 14.3 Å². The molecule has 5 heteroatoms. The van der Waals surface area contributed by atoms with Crippen molar-refractivity contribution in [3.63, 3.8) is 0 Å². The molecule has 2 amide bonds. The fraction of sp³-hybridized carbons (Fsp3) is 0.440. The van der Waals surface area contributed by atoms with Crippen molar-refractivity contribution in [1.29, 1.82) is 0 Å². The smallest absolute Gasteiger partial charge is 0.249 e. The highest BCUT2D eigenvalue weighted by molar-refractivity contribution is 6.00. The van der Waals surface area contributed by atoms with E-state index in [0.29, 0.717) is 18.7 Å². The summed E-state index contributed by atoms with van der Waals surface area (Å²) in [5.41, 5.74) is 13.6. The van der Waals surface area contributed by atoms with E-state index in [-0.39, 0.29) is 17.4 Å². The minimum atomic E-state index is -0.370. The molecule has 2 aliphatic carbocycles. The Morgan fingerprint density at radius 1 is 1.27 bits per heavy atom. The number of nitrogens with zero attached hydrogens (tertiary/aromatic N) is 1. The number of carbonyl (C=O) groups is 2. The fourth-order valence-corrected chi connectivity index (χ4v) is 5.76. The van der Waals surface area contributed by atoms with Crippen molar-refractivity contribution in [1.82, 2.24) is 4.90 Å². The molecule has 0 radical (unpaired) electrons. The van der Waals surface area contributed by atoms with Crippen molar-refractivity contribution in [2.24, 2.45) is 5.73 Å². The van der Waals surface area contributed by atoms with Gasteiger partial charge < -0.3 is 15.4 Å². The van der Waals surface area contributed by atoms with Gasteiger partial charge in [-0.25, -0.2) is 0 Å². The minimum absolute atomic E-state index is 0.0399. The van der Waals surface area contributed by atoms with E-state index in [1.807, 2.05) is 17.0 Å². The van der Waals surface area contributed by atoms with Crippen LogP contribution in [0.2, 0.25) is 0 Å². The predicted molar refractivity (Wildman–Crippen MR) is 117 cm³/mol. The van der Waals surface area contributed by atoms with Gasteiger partial charge >= 0.3 is 0 Å². The minimum Gasteiger partial charge on any atom is -0.375 e. The molecule has 5 rings (SSSR count). The number of fused-ring (bicyclic) bond motifs is 2. The number of allylic oxidation sites excluding steroid dienone is 1. The van der Waals surface area contributed by atoms with E-state index in [4.69, 9.17) is 10.5 Å². The summed E-state index contributed by atoms with van der Waals surface area (Å²) in [5.74, 6) is -0.410. The molecule has 2 aliphatic heterocycles. The van der Waals surface area contributed by atoms with Crippen LogP contribution in [0.25, 0.3) is 11.1 Å². The van der Waals surface area contributed by atoms with Gasteiger partial charge in [-0.05, 0) is 78.5 Å². The molecular formula is C25H28N2O3. The van der Waals surface area contributed by atoms with Crippen LogP contribution in [0.5, 0.6) is 0 Å². The van der Waals surface area contributed by atoms with Crippen molar-refractivity contribution in [2.75, 3.05) is 19.7 Å². The first-order chi connectivity index (χ1) is 14.5. The van der Waals surface area contributed by atoms with Crippen LogP contribution >= 0.6 is 0 Å². The summed E-state index contributed by atoms with van der Waals surface area (Å²) in [6, 6.07) is 3.89. The Balaban J connectivity index is 1.59. The quantitative estimate of drug-likeness (QED) is 0.782. The molecule has 2 heterocycles. The van der Waals surface area contributed by atoms with E-state index in [1.165, 1.54) is 22.8 Å². The third kappa shape index (κ3) is 3.03. The Bertz CT molecular complexity index is 1010. The molecule has 1 aromatic carbocycles. The molecule has 5 nitrogen and oxygen atoms in total. The first-order valence-electron chi connectivity index (χ1n) is 10.9. The lowest BCUT2D eigenvalue weighted by Crippen LogP contribution is -2.34. The second-order valence-electron chi connectivity index (χ2n) is 8.93. The van der Waals surface area contributed by atoms with Gasteiger partial charge in [0, 0.05) is 31.7 Å². The molecule has 156 valence electrons. The Morgan fingerprint density at radius 3 is 2.87 bits per heavy atom. The highest BCUT2D eigenvalue weighted by Crippen LogP contribution is 2.51. The molecule has 30 heavy (non-hydrogen) atoms. The fourth-order valence-electron chi connectivity index (χ4n) is 5.76. The van der Waals surface area contributed by atoms with Crippen LogP contribution in [-0.4, -0.2) is 42.0 Å². The van der Waals surface area contributed by atoms with Gasteiger partial charge in [0.15, 0.2) is 0 Å². The number of hydrogen-bond donors (Lipinski definition) is 1. The largest absolute Gasteiger partial charge is 0.375 e. The van der Waals surface area contributed by atoms with E-state index in [1.54, 1.807) is 0 Å². The van der Waals surface area contributed by atoms with Crippen LogP contribution in [0, 0.1) is 0 Å². The Kier molecular flexibility index (Phi) is 4.66. The highest BCUT2D eigenvalue weighted by atomic mass is 16.5. The molecular weight excluding hydrogens is 376 g/mol. The monoisotopic (exact) mass is 404 g/mol. The van der Waals surface area contributed by atoms with Gasteiger partial charge in [0.25, 0.3) is 0 Å². The zero-order chi connectivity index (χ0) is 20.9. The van der Waals surface area contributed by atoms with Gasteiger partial charge in [-0.1, -0.05) is 24.3 Å². The molecule has 2 N–H and O–H groups in total. The van der Waals surface area contributed by atoms with E-state index in [9.17, 15) is 9.59 Å². The van der Waals surface area contributed by atoms with Crippen molar-refractivity contribution >= 4 is 23.0 Å². The van der Waals surface area contributed by atoms with Crippen molar-refractivity contribution in [2.45, 2.75) is 50.5 Å². The van der Waals surface area contributed by atoms with Gasteiger partial charge in [0.05, 0.1) is 5.60 Å². The van der Waals surface area contributed by atoms with Crippen LogP contribution in [0.4, 0.5) is 0 Å². The molecule has 1 atom stereocenters. The Labute approximate surface area is 177 Å². The van der Waals surface area contributed by atoms with E-state index >= 15 is 0 Å². The lowest BCUT2D eigenvalue weighted by atomic mass is 9.77. The molecule has 1 unspecified atom stereocenters. The number of amides is 2. The number of nitrogens with two attached hydrogens (primary N) is 1. The number of primary amides is 1. The lowest BCUT2D eigenvalue weighted by molar-refractivity contribution is -0.125. The van der Waals surface area contributed by atoms with Crippen LogP contribution in [0.15, 0.2) is 36.4 Å². The van der Waals surface area contributed by atoms with Crippen LogP contribution in [0.1, 0.15) is 65.6 Å². The molecule has 1 saturated heterocycles. The summed E-state index contributed by atoms with van der Waals surface area (Å²) >= 11 is 0. The summed E-state index contributed by atoms with van der Waals surface area (Å²) in [6.07, 6.45) is 10.4. The first kappa shape index (κ1) is 19.3. The highest BCUT2D eigenvalue weighted by Gasteiger charge is 2.43. The molecule has 0 aromatic heterocycles. The Hall–Kier alpha value is -2.66. The zero-order valence-corrected chi connectivity index (χ0v) is 17.3. The second kappa shape index (κ2) is 7.24. The number of hydrogen-bond acceptors (Lipinski definition) is 3. The number of ether oxygens (including phenoxy) is 1. The standard InChI is InChI=1S/C25H28N2O3/c1-2-22(28)27-11-3-5-17(15-27)18-6-7-19(24(26)29)20-13-16-8-10-25(9-4-12-30-25)14-21(16)23(18)20/h2,5-7H,1,3-4,8-15H2,(H2,26,29). The average Bonchev–Trinajstić information content (AvgIpc) is 3.37. The average molecular weight is 405 g/mol. The third-order valence-corrected chi connectivity index (χ3v) is 7.25. The third-order valence-electron chi connectivity index (χ3n) is 7.25. The molecule has 0 bridgehead atoms. The molecule has 1 aromatic rings. The van der Waals surface area contributed by atoms with E-state index in [0.717, 1.165) is 68.3 Å². The van der Waals surface area contributed by atoms with Crippen molar-refractivity contribution in [3.05, 3.63) is 58.7 Å². The van der Waals surface area contributed by atoms with Crippen molar-refractivity contribution in [3.8, 4) is 0 Å². The number of carbonyl (C=O) groups excluding carboxylic acids is 2. The van der Waals surface area contributed by atoms with Gasteiger partial charge in [0.2, 0.25) is 11.8 Å². The summed E-state index contributed by atoms with van der Waals surface area (Å²) in [7, 11) is 0. The lowest BCUT2D eigenvalue weighted by Gasteiger charge is -2.34. The normalized spacial score (nSPS) is 25.2. The van der Waals surface area contributed by atoms with Crippen LogP contribution in [0.3, 0.4) is 0 Å². The second-order valence-corrected chi connectivity index (χ2v) is 8.93. The van der Waals surface area contributed by atoms with E-state index in [2.05, 4.69) is 12.7 Å². The van der Waals surface area contributed by atoms with Gasteiger partial charge in [-0.15, -0.1) is 0 Å². The molecule has 1 fully saturated rings. The summed E-state index contributed by atoms with van der Waals surface area (Å²) in [6.45, 7) is 5.75. The van der Waals surface area contributed by atoms with Gasteiger partial charge in [0.1, 0.15) is 0 Å². The summed E-state index contributed by atoms with van der Waals surface area (Å²) < 4.78 is 6.23. The van der Waals surface area contributed by atoms with Gasteiger partial charge in [-0.2, -0.15) is 0 Å². The zero-order valence-electron chi connectivity index (χ0n) is 17.3. The van der Waals surface area contributed by atoms with Gasteiger partial charge in [-0.3, -0.25) is 9.59 Å². The van der Waals surface area contributed by atoms with E-state index < -0.39 is 0 Å². The number of benzene rings is 1. The number of rotatable bonds is 3. The maximum Gasteiger partial charge on any atom is 0.249 e. The topological polar surface area (TPSA) is 72.6 Å². The molecule has 0 saturated carbocycles. The molecule has 4 aliphatic rings. The predicted octanol–water partition coefficient (Wildman–Crippen LogP) is 3.63. The Morgan fingerprint density at radius 2 is 2.13 bits per heavy atom. The first-order valence-corrected chi connectivity index (χ1v) is 10.9. The summed E-state index contributed by atoms with van der Waals surface area (Å²) in [5, 5.41) is 0. The van der Waals surface area contributed by atoms with Crippen LogP contribution < -0.4 is 5.73 Å². The SMILES string of the molecule is C=CC(=O)N1CCC=C(c2ccc(C(N)=O)c3c2C2=C(CCC4(CCCO4)C2)C3)C1. The summed E-state index contributed by atoms with van der Waals surface area (Å²) in [4.78, 5) is 26.2. The molecule has 1 spiro atoms.